The van der Waals surface area contributed by atoms with Crippen molar-refractivity contribution in [1.29, 1.82) is 0 Å². The van der Waals surface area contributed by atoms with Crippen LogP contribution in [-0.4, -0.2) is 77.2 Å². The van der Waals surface area contributed by atoms with Gasteiger partial charge in [-0.15, -0.1) is 0 Å². The average molecular weight is 653 g/mol. The maximum atomic E-state index is 13.9. The number of ether oxygens (including phenoxy) is 1. The van der Waals surface area contributed by atoms with Crippen LogP contribution in [0.4, 0.5) is 10.5 Å². The van der Waals surface area contributed by atoms with Crippen molar-refractivity contribution in [2.75, 3.05) is 18.9 Å². The SMILES string of the molecule is Cc1ccc(-n2ccnc2)c(NC(=O)O[C@@H]2C[C@H]3C(=O)N[C@]4(C(=O)NS(=O)(=O)C5CC5)C[C@@H]4/C=C\CCCCN(C)C(=O)[C@@H]3C2)c1. The Labute approximate surface area is 268 Å². The lowest BCUT2D eigenvalue weighted by atomic mass is 9.93. The van der Waals surface area contributed by atoms with Crippen molar-refractivity contribution in [2.45, 2.75) is 75.2 Å². The first kappa shape index (κ1) is 31.8. The lowest BCUT2D eigenvalue weighted by Crippen LogP contribution is -2.54. The molecule has 1 aliphatic heterocycles. The van der Waals surface area contributed by atoms with Crippen molar-refractivity contribution in [3.63, 3.8) is 0 Å². The quantitative estimate of drug-likeness (QED) is 0.401. The first-order chi connectivity index (χ1) is 22.0. The van der Waals surface area contributed by atoms with Crippen LogP contribution in [0, 0.1) is 24.7 Å². The van der Waals surface area contributed by atoms with Crippen LogP contribution in [0.2, 0.25) is 0 Å². The molecule has 3 N–H and O–H groups in total. The second-order valence-corrected chi connectivity index (χ2v) is 14.9. The number of hydrogen-bond donors (Lipinski definition) is 3. The third-order valence-corrected chi connectivity index (χ3v) is 11.3. The third kappa shape index (κ3) is 6.67. The number of aromatic nitrogens is 2. The van der Waals surface area contributed by atoms with E-state index in [9.17, 15) is 27.6 Å². The monoisotopic (exact) mass is 652 g/mol. The molecule has 0 unspecified atom stereocenters. The van der Waals surface area contributed by atoms with Gasteiger partial charge in [-0.2, -0.15) is 0 Å². The van der Waals surface area contributed by atoms with Gasteiger partial charge >= 0.3 is 6.09 Å². The molecule has 13 nitrogen and oxygen atoms in total. The van der Waals surface area contributed by atoms with Crippen LogP contribution < -0.4 is 15.4 Å². The van der Waals surface area contributed by atoms with Crippen LogP contribution >= 0.6 is 0 Å². The molecular formula is C32H40N6O7S. The predicted octanol–water partition coefficient (Wildman–Crippen LogP) is 2.81. The van der Waals surface area contributed by atoms with Gasteiger partial charge in [0.2, 0.25) is 21.8 Å². The van der Waals surface area contributed by atoms with E-state index in [0.717, 1.165) is 24.8 Å². The minimum atomic E-state index is -3.83. The maximum Gasteiger partial charge on any atom is 0.411 e. The summed E-state index contributed by atoms with van der Waals surface area (Å²) in [6.45, 7) is 2.42. The summed E-state index contributed by atoms with van der Waals surface area (Å²) in [5, 5.41) is 5.06. The van der Waals surface area contributed by atoms with Crippen LogP contribution in [0.25, 0.3) is 5.69 Å². The van der Waals surface area contributed by atoms with Gasteiger partial charge in [0.15, 0.2) is 0 Å². The standard InChI is InChI=1S/C32H40N6O7S/c1-20-8-11-27(38-14-12-33-19-38)26(15-20)34-31(42)45-22-16-24-25(17-22)29(40)37(2)13-6-4-3-5-7-21-18-32(21,35-28(24)39)30(41)36-46(43,44)23-9-10-23/h5,7-8,11-12,14-15,19,21-25H,3-4,6,9-10,13,16-18H2,1-2H3,(H,34,42)(H,35,39)(H,36,41)/b7-5-/t21-,22+,24+,25+,32+/m0/s1. The van der Waals surface area contributed by atoms with E-state index in [4.69, 9.17) is 4.74 Å². The number of allylic oxidation sites excluding steroid dienone is 1. The van der Waals surface area contributed by atoms with Crippen molar-refractivity contribution < 1.29 is 32.3 Å². The molecule has 5 atom stereocenters. The number of amides is 4. The molecule has 2 heterocycles. The van der Waals surface area contributed by atoms with E-state index in [2.05, 4.69) is 20.3 Å². The van der Waals surface area contributed by atoms with Crippen LogP contribution in [0.1, 0.15) is 56.9 Å². The summed E-state index contributed by atoms with van der Waals surface area (Å²) >= 11 is 0. The molecule has 0 radical (unpaired) electrons. The zero-order chi connectivity index (χ0) is 32.6. The Kier molecular flexibility index (Phi) is 8.66. The highest BCUT2D eigenvalue weighted by molar-refractivity contribution is 7.91. The predicted molar refractivity (Wildman–Crippen MR) is 168 cm³/mol. The van der Waals surface area contributed by atoms with E-state index in [-0.39, 0.29) is 31.1 Å². The molecule has 0 bridgehead atoms. The molecule has 2 aromatic rings. The van der Waals surface area contributed by atoms with Crippen LogP contribution in [-0.2, 0) is 29.1 Å². The Morgan fingerprint density at radius 3 is 2.65 bits per heavy atom. The van der Waals surface area contributed by atoms with Gasteiger partial charge in [0.05, 0.1) is 34.8 Å². The van der Waals surface area contributed by atoms with Gasteiger partial charge < -0.3 is 19.5 Å². The summed E-state index contributed by atoms with van der Waals surface area (Å²) in [7, 11) is -2.13. The lowest BCUT2D eigenvalue weighted by Gasteiger charge is -2.26. The molecule has 3 fully saturated rings. The van der Waals surface area contributed by atoms with Gasteiger partial charge in [-0.1, -0.05) is 18.2 Å². The summed E-state index contributed by atoms with van der Waals surface area (Å²) < 4.78 is 35.0. The maximum absolute atomic E-state index is 13.9. The number of carbonyl (C=O) groups is 4. The number of nitrogens with zero attached hydrogens (tertiary/aromatic N) is 3. The number of imidazole rings is 1. The molecule has 1 aromatic carbocycles. The summed E-state index contributed by atoms with van der Waals surface area (Å²) in [5.41, 5.74) is 0.696. The molecule has 3 saturated carbocycles. The molecule has 0 spiro atoms. The molecule has 4 aliphatic rings. The number of hydrogen-bond acceptors (Lipinski definition) is 8. The first-order valence-electron chi connectivity index (χ1n) is 15.8. The zero-order valence-corrected chi connectivity index (χ0v) is 26.8. The molecule has 4 amide bonds. The zero-order valence-electron chi connectivity index (χ0n) is 26.0. The van der Waals surface area contributed by atoms with Crippen molar-refractivity contribution in [1.82, 2.24) is 24.5 Å². The topological polar surface area (TPSA) is 169 Å². The number of sulfonamides is 1. The van der Waals surface area contributed by atoms with Crippen molar-refractivity contribution in [3.8, 4) is 5.69 Å². The normalized spacial score (nSPS) is 29.0. The Morgan fingerprint density at radius 2 is 1.91 bits per heavy atom. The highest BCUT2D eigenvalue weighted by Crippen LogP contribution is 2.47. The average Bonchev–Trinajstić information content (AvgIpc) is 3.87. The fourth-order valence-corrected chi connectivity index (χ4v) is 7.92. The Hall–Kier alpha value is -4.20. The largest absolute Gasteiger partial charge is 0.446 e. The Balaban J connectivity index is 1.20. The van der Waals surface area contributed by atoms with Gasteiger partial charge in [0.25, 0.3) is 5.91 Å². The molecule has 3 aliphatic carbocycles. The Bertz CT molecular complexity index is 1650. The third-order valence-electron chi connectivity index (χ3n) is 9.44. The van der Waals surface area contributed by atoms with Gasteiger partial charge in [-0.3, -0.25) is 24.4 Å². The first-order valence-corrected chi connectivity index (χ1v) is 17.4. The van der Waals surface area contributed by atoms with E-state index < -0.39 is 56.7 Å². The van der Waals surface area contributed by atoms with Crippen LogP contribution in [0.5, 0.6) is 0 Å². The fraction of sp³-hybridized carbons (Fsp3) is 0.531. The number of anilines is 1. The van der Waals surface area contributed by atoms with Crippen molar-refractivity contribution in [3.05, 3.63) is 54.6 Å². The van der Waals surface area contributed by atoms with Gasteiger partial charge in [0.1, 0.15) is 11.6 Å². The van der Waals surface area contributed by atoms with E-state index in [1.807, 2.05) is 37.3 Å². The summed E-state index contributed by atoms with van der Waals surface area (Å²) in [6.07, 6.45) is 11.1. The lowest BCUT2D eigenvalue weighted by molar-refractivity contribution is -0.140. The van der Waals surface area contributed by atoms with Gasteiger partial charge in [0, 0.05) is 31.9 Å². The Morgan fingerprint density at radius 1 is 1.13 bits per heavy atom. The molecule has 14 heteroatoms. The summed E-state index contributed by atoms with van der Waals surface area (Å²) in [4.78, 5) is 59.9. The highest BCUT2D eigenvalue weighted by Gasteiger charge is 2.62. The second kappa shape index (κ2) is 12.5. The van der Waals surface area contributed by atoms with E-state index in [0.29, 0.717) is 30.8 Å². The number of rotatable bonds is 6. The number of nitrogens with one attached hydrogen (secondary N) is 3. The molecular weight excluding hydrogens is 612 g/mol. The molecule has 246 valence electrons. The smallest absolute Gasteiger partial charge is 0.411 e. The van der Waals surface area contributed by atoms with Gasteiger partial charge in [-0.05, 0) is 76.0 Å². The number of carbonyl (C=O) groups excluding carboxylic acids is 4. The highest BCUT2D eigenvalue weighted by atomic mass is 32.2. The van der Waals surface area contributed by atoms with E-state index in [1.165, 1.54) is 0 Å². The van der Waals surface area contributed by atoms with Gasteiger partial charge in [-0.25, -0.2) is 18.2 Å². The van der Waals surface area contributed by atoms with Crippen molar-refractivity contribution >= 4 is 39.5 Å². The van der Waals surface area contributed by atoms with E-state index >= 15 is 0 Å². The minimum absolute atomic E-state index is 0.0737. The molecule has 1 aromatic heterocycles. The molecule has 6 rings (SSSR count). The fourth-order valence-electron chi connectivity index (χ4n) is 6.56. The minimum Gasteiger partial charge on any atom is -0.446 e. The number of aryl methyl sites for hydroxylation is 1. The summed E-state index contributed by atoms with van der Waals surface area (Å²) in [5.74, 6) is -3.57. The van der Waals surface area contributed by atoms with Crippen LogP contribution in [0.15, 0.2) is 49.1 Å². The van der Waals surface area contributed by atoms with Crippen molar-refractivity contribution in [2.24, 2.45) is 17.8 Å². The number of fused-ring (bicyclic) bond motifs is 2. The second-order valence-electron chi connectivity index (χ2n) is 13.0. The number of benzene rings is 1. The van der Waals surface area contributed by atoms with E-state index in [1.54, 1.807) is 35.2 Å². The molecule has 0 saturated heterocycles. The molecule has 46 heavy (non-hydrogen) atoms. The van der Waals surface area contributed by atoms with Crippen LogP contribution in [0.3, 0.4) is 0 Å². The summed E-state index contributed by atoms with van der Waals surface area (Å²) in [6, 6.07) is 5.57.